The van der Waals surface area contributed by atoms with Gasteiger partial charge in [0.25, 0.3) is 0 Å². The van der Waals surface area contributed by atoms with E-state index in [-0.39, 0.29) is 12.5 Å². The van der Waals surface area contributed by atoms with Gasteiger partial charge in [-0.3, -0.25) is 4.79 Å². The molecule has 1 saturated carbocycles. The van der Waals surface area contributed by atoms with E-state index in [1.807, 2.05) is 0 Å². The van der Waals surface area contributed by atoms with Crippen molar-refractivity contribution >= 4 is 17.6 Å². The lowest BCUT2D eigenvalue weighted by Gasteiger charge is -2.19. The predicted molar refractivity (Wildman–Crippen MR) is 80.1 cm³/mol. The molecule has 21 heavy (non-hydrogen) atoms. The summed E-state index contributed by atoms with van der Waals surface area (Å²) in [7, 11) is 1.53. The fourth-order valence-corrected chi connectivity index (χ4v) is 2.81. The summed E-state index contributed by atoms with van der Waals surface area (Å²) < 4.78 is 11.2. The Morgan fingerprint density at radius 3 is 2.71 bits per heavy atom. The average molecular weight is 314 g/mol. The summed E-state index contributed by atoms with van der Waals surface area (Å²) in [5.74, 6) is 0.0476. The number of rotatable bonds is 6. The summed E-state index contributed by atoms with van der Waals surface area (Å²) >= 11 is 6.26. The third-order valence-electron chi connectivity index (χ3n) is 3.66. The Bertz CT molecular complexity index is 515. The summed E-state index contributed by atoms with van der Waals surface area (Å²) in [6, 6.07) is 2.72. The molecule has 6 heteroatoms. The van der Waals surface area contributed by atoms with Crippen LogP contribution >= 0.6 is 11.6 Å². The van der Waals surface area contributed by atoms with Gasteiger partial charge in [0.15, 0.2) is 11.5 Å². The van der Waals surface area contributed by atoms with E-state index in [0.29, 0.717) is 22.1 Å². The molecule has 3 N–H and O–H groups in total. The minimum absolute atomic E-state index is 0.162. The van der Waals surface area contributed by atoms with Crippen LogP contribution in [0.2, 0.25) is 5.02 Å². The second-order valence-electron chi connectivity index (χ2n) is 5.26. The van der Waals surface area contributed by atoms with Crippen molar-refractivity contribution in [2.45, 2.75) is 44.2 Å². The maximum Gasteiger partial charge on any atom is 0.305 e. The largest absolute Gasteiger partial charge is 0.493 e. The van der Waals surface area contributed by atoms with Crippen LogP contribution in [0.3, 0.4) is 0 Å². The van der Waals surface area contributed by atoms with Gasteiger partial charge in [-0.15, -0.1) is 0 Å². The highest BCUT2D eigenvalue weighted by atomic mass is 35.5. The number of methoxy groups -OCH3 is 1. The Balaban J connectivity index is 2.23. The number of benzene rings is 1. The predicted octanol–water partition coefficient (Wildman–Crippen LogP) is 3.14. The first-order chi connectivity index (χ1) is 10.0. The molecule has 1 aromatic carbocycles. The number of hydrogen-bond acceptors (Lipinski definition) is 4. The van der Waals surface area contributed by atoms with Crippen LogP contribution in [0.15, 0.2) is 12.1 Å². The van der Waals surface area contributed by atoms with Crippen LogP contribution in [0, 0.1) is 0 Å². The molecule has 116 valence electrons. The molecule has 0 bridgehead atoms. The number of carbonyl (C=O) groups is 1. The van der Waals surface area contributed by atoms with E-state index in [1.54, 1.807) is 12.1 Å². The van der Waals surface area contributed by atoms with Crippen molar-refractivity contribution in [2.24, 2.45) is 5.73 Å². The Morgan fingerprint density at radius 1 is 1.48 bits per heavy atom. The number of carboxylic acid groups (broad SMARTS) is 1. The first-order valence-corrected chi connectivity index (χ1v) is 7.40. The van der Waals surface area contributed by atoms with Crippen molar-refractivity contribution in [2.75, 3.05) is 7.11 Å². The van der Waals surface area contributed by atoms with Gasteiger partial charge in [-0.2, -0.15) is 0 Å². The lowest BCUT2D eigenvalue weighted by molar-refractivity contribution is -0.137. The molecule has 0 heterocycles. The second kappa shape index (κ2) is 7.00. The molecule has 1 atom stereocenters. The number of ether oxygens (including phenoxy) is 2. The summed E-state index contributed by atoms with van der Waals surface area (Å²) in [4.78, 5) is 10.8. The van der Waals surface area contributed by atoms with Crippen LogP contribution in [0.1, 0.15) is 43.7 Å². The van der Waals surface area contributed by atoms with Gasteiger partial charge in [-0.05, 0) is 43.4 Å². The van der Waals surface area contributed by atoms with Crippen molar-refractivity contribution in [1.29, 1.82) is 0 Å². The monoisotopic (exact) mass is 313 g/mol. The highest BCUT2D eigenvalue weighted by Gasteiger charge is 2.22. The molecular formula is C15H20ClNO4. The van der Waals surface area contributed by atoms with Crippen molar-refractivity contribution in [1.82, 2.24) is 0 Å². The third-order valence-corrected chi connectivity index (χ3v) is 3.94. The molecule has 1 aliphatic rings. The normalized spacial score (nSPS) is 16.7. The highest BCUT2D eigenvalue weighted by Crippen LogP contribution is 2.40. The van der Waals surface area contributed by atoms with Crippen molar-refractivity contribution < 1.29 is 19.4 Å². The first-order valence-electron chi connectivity index (χ1n) is 7.02. The van der Waals surface area contributed by atoms with Crippen LogP contribution in [-0.4, -0.2) is 24.3 Å². The zero-order valence-electron chi connectivity index (χ0n) is 12.0. The van der Waals surface area contributed by atoms with Crippen molar-refractivity contribution in [3.05, 3.63) is 22.7 Å². The van der Waals surface area contributed by atoms with Gasteiger partial charge in [0.1, 0.15) is 0 Å². The number of aliphatic carboxylic acids is 1. The Labute approximate surface area is 129 Å². The smallest absolute Gasteiger partial charge is 0.305 e. The SMILES string of the molecule is COc1cc(C(N)CC(=O)O)cc(Cl)c1OC1CCCC1. The van der Waals surface area contributed by atoms with E-state index in [9.17, 15) is 4.79 Å². The maximum absolute atomic E-state index is 10.8. The molecule has 1 aromatic rings. The number of halogens is 1. The molecular weight excluding hydrogens is 294 g/mol. The van der Waals surface area contributed by atoms with E-state index in [1.165, 1.54) is 7.11 Å². The van der Waals surface area contributed by atoms with Crippen LogP contribution < -0.4 is 15.2 Å². The van der Waals surface area contributed by atoms with Gasteiger partial charge in [0.05, 0.1) is 24.7 Å². The van der Waals surface area contributed by atoms with Gasteiger partial charge in [-0.1, -0.05) is 11.6 Å². The van der Waals surface area contributed by atoms with E-state index < -0.39 is 12.0 Å². The number of carboxylic acids is 1. The molecule has 0 spiro atoms. The van der Waals surface area contributed by atoms with Crippen LogP contribution in [0.4, 0.5) is 0 Å². The highest BCUT2D eigenvalue weighted by molar-refractivity contribution is 6.32. The summed E-state index contributed by atoms with van der Waals surface area (Å²) in [6.45, 7) is 0. The van der Waals surface area contributed by atoms with Gasteiger partial charge in [0, 0.05) is 6.04 Å². The quantitative estimate of drug-likeness (QED) is 0.843. The molecule has 0 amide bonds. The first kappa shape index (κ1) is 15.9. The van der Waals surface area contributed by atoms with Gasteiger partial charge in [0.2, 0.25) is 0 Å². The minimum Gasteiger partial charge on any atom is -0.493 e. The van der Waals surface area contributed by atoms with Crippen LogP contribution in [0.5, 0.6) is 11.5 Å². The van der Waals surface area contributed by atoms with Crippen molar-refractivity contribution in [3.8, 4) is 11.5 Å². The summed E-state index contributed by atoms with van der Waals surface area (Å²) in [5, 5.41) is 9.22. The zero-order valence-corrected chi connectivity index (χ0v) is 12.7. The van der Waals surface area contributed by atoms with E-state index >= 15 is 0 Å². The van der Waals surface area contributed by atoms with E-state index in [4.69, 9.17) is 31.9 Å². The lowest BCUT2D eigenvalue weighted by Crippen LogP contribution is -2.16. The molecule has 1 fully saturated rings. The molecule has 2 rings (SSSR count). The van der Waals surface area contributed by atoms with Gasteiger partial charge in [-0.25, -0.2) is 0 Å². The van der Waals surface area contributed by atoms with Crippen molar-refractivity contribution in [3.63, 3.8) is 0 Å². The maximum atomic E-state index is 10.8. The molecule has 0 aromatic heterocycles. The zero-order chi connectivity index (χ0) is 15.4. The third kappa shape index (κ3) is 4.02. The summed E-state index contributed by atoms with van der Waals surface area (Å²) in [5.41, 5.74) is 6.49. The van der Waals surface area contributed by atoms with Crippen LogP contribution in [0.25, 0.3) is 0 Å². The molecule has 1 unspecified atom stereocenters. The van der Waals surface area contributed by atoms with Crippen LogP contribution in [-0.2, 0) is 4.79 Å². The fraction of sp³-hybridized carbons (Fsp3) is 0.533. The Kier molecular flexibility index (Phi) is 5.31. The Morgan fingerprint density at radius 2 is 2.14 bits per heavy atom. The standard InChI is InChI=1S/C15H20ClNO4/c1-20-13-7-9(12(17)8-14(18)19)6-11(16)15(13)21-10-4-2-3-5-10/h6-7,10,12H,2-5,8,17H2,1H3,(H,18,19). The second-order valence-corrected chi connectivity index (χ2v) is 5.67. The minimum atomic E-state index is -0.955. The Hall–Kier alpha value is -1.46. The molecule has 0 aliphatic heterocycles. The van der Waals surface area contributed by atoms with E-state index in [2.05, 4.69) is 0 Å². The molecule has 5 nitrogen and oxygen atoms in total. The fourth-order valence-electron chi connectivity index (χ4n) is 2.55. The molecule has 1 aliphatic carbocycles. The molecule has 0 saturated heterocycles. The van der Waals surface area contributed by atoms with Gasteiger partial charge >= 0.3 is 5.97 Å². The number of hydrogen-bond donors (Lipinski definition) is 2. The average Bonchev–Trinajstić information content (AvgIpc) is 2.92. The lowest BCUT2D eigenvalue weighted by atomic mass is 10.0. The van der Waals surface area contributed by atoms with E-state index in [0.717, 1.165) is 25.7 Å². The topological polar surface area (TPSA) is 81.8 Å². The molecule has 0 radical (unpaired) electrons. The summed E-state index contributed by atoms with van der Waals surface area (Å²) in [6.07, 6.45) is 4.34. The number of nitrogens with two attached hydrogens (primary N) is 1. The van der Waals surface area contributed by atoms with Gasteiger partial charge < -0.3 is 20.3 Å².